The molecule has 1 aliphatic heterocycles. The van der Waals surface area contributed by atoms with Crippen molar-refractivity contribution in [3.05, 3.63) is 47.5 Å². The first-order chi connectivity index (χ1) is 10.9. The Labute approximate surface area is 133 Å². The second-order valence-corrected chi connectivity index (χ2v) is 5.49. The van der Waals surface area contributed by atoms with Gasteiger partial charge in [-0.3, -0.25) is 4.79 Å². The summed E-state index contributed by atoms with van der Waals surface area (Å²) in [5.41, 5.74) is -0.479. The quantitative estimate of drug-likeness (QED) is 0.785. The molecule has 6 heteroatoms. The first-order valence-electron chi connectivity index (χ1n) is 7.61. The molecule has 0 saturated carbocycles. The summed E-state index contributed by atoms with van der Waals surface area (Å²) >= 11 is 0. The smallest absolute Gasteiger partial charge is 0.372 e. The van der Waals surface area contributed by atoms with Crippen LogP contribution in [0.1, 0.15) is 35.7 Å². The molecule has 23 heavy (non-hydrogen) atoms. The van der Waals surface area contributed by atoms with Gasteiger partial charge in [0.2, 0.25) is 0 Å². The number of carbonyl (C=O) groups excluding carboxylic acids is 1. The Morgan fingerprint density at radius 1 is 1.35 bits per heavy atom. The van der Waals surface area contributed by atoms with Crippen molar-refractivity contribution in [2.45, 2.75) is 32.0 Å². The molecule has 126 valence electrons. The molecule has 1 unspecified atom stereocenters. The predicted molar refractivity (Wildman–Crippen MR) is 81.1 cm³/mol. The van der Waals surface area contributed by atoms with E-state index in [1.165, 1.54) is 12.1 Å². The summed E-state index contributed by atoms with van der Waals surface area (Å²) in [6, 6.07) is 4.35. The highest BCUT2D eigenvalue weighted by molar-refractivity contribution is 5.94. The van der Waals surface area contributed by atoms with Gasteiger partial charge in [-0.15, -0.1) is 0 Å². The van der Waals surface area contributed by atoms with Crippen LogP contribution in [0, 0.1) is 0 Å². The van der Waals surface area contributed by atoms with Crippen LogP contribution in [0.25, 0.3) is 0 Å². The number of rotatable bonds is 4. The zero-order valence-electron chi connectivity index (χ0n) is 13.0. The molecule has 1 fully saturated rings. The molecule has 0 N–H and O–H groups in total. The Kier molecular flexibility index (Phi) is 5.82. The molecule has 1 aliphatic rings. The molecule has 0 aromatic heterocycles. The fraction of sp³-hybridized carbons (Fsp3) is 0.471. The number of alkyl halides is 3. The van der Waals surface area contributed by atoms with E-state index in [-0.39, 0.29) is 17.6 Å². The van der Waals surface area contributed by atoms with Crippen LogP contribution in [0.15, 0.2) is 36.4 Å². The predicted octanol–water partition coefficient (Wildman–Crippen LogP) is 3.90. The average molecular weight is 327 g/mol. The van der Waals surface area contributed by atoms with Crippen LogP contribution in [-0.2, 0) is 10.9 Å². The zero-order valence-corrected chi connectivity index (χ0v) is 13.0. The van der Waals surface area contributed by atoms with Gasteiger partial charge in [-0.2, -0.15) is 13.2 Å². The monoisotopic (exact) mass is 327 g/mol. The largest absolute Gasteiger partial charge is 0.416 e. The maximum atomic E-state index is 12.6. The summed E-state index contributed by atoms with van der Waals surface area (Å²) in [6.07, 6.45) is 1.09. The Morgan fingerprint density at radius 3 is 2.65 bits per heavy atom. The molecule has 1 atom stereocenters. The molecule has 3 nitrogen and oxygen atoms in total. The number of piperidine rings is 1. The standard InChI is InChI=1S/C17H20F3NO2/c1-2-3-11-23-15-5-4-10-21(12-15)16(22)13-6-8-14(9-7-13)17(18,19)20/h2-3,6-9,15H,4-5,10-12H2,1H3/b3-2-. The van der Waals surface area contributed by atoms with E-state index < -0.39 is 11.7 Å². The second-order valence-electron chi connectivity index (χ2n) is 5.49. The van der Waals surface area contributed by atoms with Gasteiger partial charge in [-0.1, -0.05) is 12.2 Å². The first-order valence-corrected chi connectivity index (χ1v) is 7.61. The van der Waals surface area contributed by atoms with Gasteiger partial charge in [0.1, 0.15) is 0 Å². The van der Waals surface area contributed by atoms with Crippen molar-refractivity contribution < 1.29 is 22.7 Å². The molecule has 0 aliphatic carbocycles. The second kappa shape index (κ2) is 7.64. The van der Waals surface area contributed by atoms with Gasteiger partial charge in [0, 0.05) is 18.7 Å². The lowest BCUT2D eigenvalue weighted by Gasteiger charge is -2.32. The summed E-state index contributed by atoms with van der Waals surface area (Å²) < 4.78 is 43.3. The van der Waals surface area contributed by atoms with Gasteiger partial charge < -0.3 is 9.64 Å². The fourth-order valence-electron chi connectivity index (χ4n) is 2.53. The number of hydrogen-bond donors (Lipinski definition) is 0. The van der Waals surface area contributed by atoms with Crippen molar-refractivity contribution in [3.63, 3.8) is 0 Å². The van der Waals surface area contributed by atoms with Crippen LogP contribution in [0.4, 0.5) is 13.2 Å². The maximum absolute atomic E-state index is 12.6. The molecule has 0 bridgehead atoms. The zero-order chi connectivity index (χ0) is 16.9. The van der Waals surface area contributed by atoms with E-state index in [9.17, 15) is 18.0 Å². The summed E-state index contributed by atoms with van der Waals surface area (Å²) in [5.74, 6) is -0.252. The topological polar surface area (TPSA) is 29.5 Å². The van der Waals surface area contributed by atoms with Crippen molar-refractivity contribution >= 4 is 5.91 Å². The van der Waals surface area contributed by atoms with E-state index in [0.29, 0.717) is 19.7 Å². The summed E-state index contributed by atoms with van der Waals surface area (Å²) in [5, 5.41) is 0. The van der Waals surface area contributed by atoms with Crippen molar-refractivity contribution in [1.29, 1.82) is 0 Å². The van der Waals surface area contributed by atoms with Crippen LogP contribution in [-0.4, -0.2) is 36.6 Å². The van der Waals surface area contributed by atoms with Gasteiger partial charge in [0.05, 0.1) is 18.3 Å². The Balaban J connectivity index is 1.99. The maximum Gasteiger partial charge on any atom is 0.416 e. The van der Waals surface area contributed by atoms with E-state index in [1.54, 1.807) is 4.90 Å². The fourth-order valence-corrected chi connectivity index (χ4v) is 2.53. The highest BCUT2D eigenvalue weighted by atomic mass is 19.4. The molecule has 1 saturated heterocycles. The van der Waals surface area contributed by atoms with Gasteiger partial charge in [0.25, 0.3) is 5.91 Å². The minimum atomic E-state index is -4.39. The number of nitrogens with zero attached hydrogens (tertiary/aromatic N) is 1. The Bertz CT molecular complexity index is 552. The highest BCUT2D eigenvalue weighted by Crippen LogP contribution is 2.29. The third-order valence-electron chi connectivity index (χ3n) is 3.79. The number of likely N-dealkylation sites (tertiary alicyclic amines) is 1. The van der Waals surface area contributed by atoms with Crippen LogP contribution in [0.2, 0.25) is 0 Å². The van der Waals surface area contributed by atoms with E-state index >= 15 is 0 Å². The van der Waals surface area contributed by atoms with Gasteiger partial charge in [0.15, 0.2) is 0 Å². The number of allylic oxidation sites excluding steroid dienone is 1. The van der Waals surface area contributed by atoms with E-state index in [0.717, 1.165) is 25.0 Å². The third-order valence-corrected chi connectivity index (χ3v) is 3.79. The lowest BCUT2D eigenvalue weighted by atomic mass is 10.1. The van der Waals surface area contributed by atoms with Crippen molar-refractivity contribution in [2.24, 2.45) is 0 Å². The Hall–Kier alpha value is -1.82. The van der Waals surface area contributed by atoms with Crippen LogP contribution in [0.5, 0.6) is 0 Å². The van der Waals surface area contributed by atoms with Crippen LogP contribution >= 0.6 is 0 Å². The number of carbonyl (C=O) groups is 1. The van der Waals surface area contributed by atoms with Gasteiger partial charge in [-0.25, -0.2) is 0 Å². The van der Waals surface area contributed by atoms with Crippen LogP contribution in [0.3, 0.4) is 0 Å². The van der Waals surface area contributed by atoms with Gasteiger partial charge >= 0.3 is 6.18 Å². The minimum absolute atomic E-state index is 0.0293. The number of amides is 1. The number of hydrogen-bond acceptors (Lipinski definition) is 2. The number of ether oxygens (including phenoxy) is 1. The first kappa shape index (κ1) is 17.5. The molecule has 0 spiro atoms. The molecule has 1 aromatic carbocycles. The number of halogens is 3. The average Bonchev–Trinajstić information content (AvgIpc) is 2.54. The lowest BCUT2D eigenvalue weighted by Crippen LogP contribution is -2.43. The number of benzene rings is 1. The molecular weight excluding hydrogens is 307 g/mol. The van der Waals surface area contributed by atoms with Crippen LogP contribution < -0.4 is 0 Å². The molecular formula is C17H20F3NO2. The van der Waals surface area contributed by atoms with E-state index in [2.05, 4.69) is 0 Å². The Morgan fingerprint density at radius 2 is 2.04 bits per heavy atom. The van der Waals surface area contributed by atoms with E-state index in [1.807, 2.05) is 19.1 Å². The van der Waals surface area contributed by atoms with Gasteiger partial charge in [-0.05, 0) is 44.0 Å². The SMILES string of the molecule is C/C=C\COC1CCCN(C(=O)c2ccc(C(F)(F)F)cc2)C1. The normalized spacial score (nSPS) is 19.3. The van der Waals surface area contributed by atoms with Crippen molar-refractivity contribution in [3.8, 4) is 0 Å². The molecule has 1 heterocycles. The summed E-state index contributed by atoms with van der Waals surface area (Å²) in [7, 11) is 0. The summed E-state index contributed by atoms with van der Waals surface area (Å²) in [4.78, 5) is 14.1. The van der Waals surface area contributed by atoms with E-state index in [4.69, 9.17) is 4.74 Å². The molecule has 2 rings (SSSR count). The molecule has 1 aromatic rings. The van der Waals surface area contributed by atoms with Crippen molar-refractivity contribution in [2.75, 3.05) is 19.7 Å². The minimum Gasteiger partial charge on any atom is -0.372 e. The lowest BCUT2D eigenvalue weighted by molar-refractivity contribution is -0.137. The van der Waals surface area contributed by atoms with Crippen molar-refractivity contribution in [1.82, 2.24) is 4.90 Å². The molecule has 0 radical (unpaired) electrons. The third kappa shape index (κ3) is 4.82. The highest BCUT2D eigenvalue weighted by Gasteiger charge is 2.31. The molecule has 1 amide bonds. The summed E-state index contributed by atoms with van der Waals surface area (Å²) in [6.45, 7) is 3.48.